The highest BCUT2D eigenvalue weighted by molar-refractivity contribution is 9.11. The van der Waals surface area contributed by atoms with Crippen LogP contribution in [0, 0.1) is 0 Å². The molecule has 5 nitrogen and oxygen atoms in total. The summed E-state index contributed by atoms with van der Waals surface area (Å²) in [7, 11) is 0. The van der Waals surface area contributed by atoms with Crippen LogP contribution in [0.5, 0.6) is 5.75 Å². The van der Waals surface area contributed by atoms with E-state index < -0.39 is 0 Å². The van der Waals surface area contributed by atoms with Crippen LogP contribution < -0.4 is 10.2 Å². The Morgan fingerprint density at radius 1 is 1.35 bits per heavy atom. The maximum Gasteiger partial charge on any atom is 0.289 e. The number of hydrazone groups is 1. The molecule has 118 valence electrons. The van der Waals surface area contributed by atoms with Crippen LogP contribution in [-0.4, -0.2) is 23.7 Å². The molecule has 2 aromatic rings. The van der Waals surface area contributed by atoms with E-state index in [9.17, 15) is 4.79 Å². The van der Waals surface area contributed by atoms with E-state index in [4.69, 9.17) is 4.74 Å². The minimum atomic E-state index is -0.370. The highest BCUT2D eigenvalue weighted by Gasteiger charge is 2.08. The molecule has 0 saturated carbocycles. The van der Waals surface area contributed by atoms with Gasteiger partial charge in [-0.2, -0.15) is 5.10 Å². The van der Waals surface area contributed by atoms with E-state index in [1.165, 1.54) is 6.21 Å². The fraction of sp³-hybridized carbons (Fsp3) is 0.0625. The topological polar surface area (TPSA) is 63.6 Å². The molecule has 0 aliphatic heterocycles. The van der Waals surface area contributed by atoms with Gasteiger partial charge in [-0.3, -0.25) is 9.78 Å². The van der Waals surface area contributed by atoms with Gasteiger partial charge < -0.3 is 4.74 Å². The number of nitrogens with zero attached hydrogens (tertiary/aromatic N) is 2. The predicted octanol–water partition coefficient (Wildman–Crippen LogP) is 3.94. The smallest absolute Gasteiger partial charge is 0.289 e. The van der Waals surface area contributed by atoms with E-state index in [1.807, 2.05) is 12.1 Å². The largest absolute Gasteiger partial charge is 0.487 e. The molecule has 2 rings (SSSR count). The summed E-state index contributed by atoms with van der Waals surface area (Å²) in [6.07, 6.45) is 4.75. The van der Waals surface area contributed by atoms with Crippen LogP contribution >= 0.6 is 31.9 Å². The van der Waals surface area contributed by atoms with Gasteiger partial charge in [0.05, 0.1) is 15.2 Å². The third-order valence-corrected chi connectivity index (χ3v) is 3.82. The number of carbonyl (C=O) groups excluding carboxylic acids is 1. The van der Waals surface area contributed by atoms with Crippen LogP contribution in [0.2, 0.25) is 0 Å². The number of benzene rings is 1. The van der Waals surface area contributed by atoms with Crippen molar-refractivity contribution in [2.75, 3.05) is 6.61 Å². The molecule has 7 heteroatoms. The standard InChI is InChI=1S/C16H13Br2N3O2/c1-2-7-23-15-12(17)8-11(9-13(15)18)10-20-21-16(22)14-5-3-4-6-19-14/h2-6,8-10H,1,7H2,(H,21,22)/b20-10-. The van der Waals surface area contributed by atoms with Crippen molar-refractivity contribution < 1.29 is 9.53 Å². The molecule has 0 saturated heterocycles. The van der Waals surface area contributed by atoms with E-state index in [2.05, 4.69) is 54.0 Å². The van der Waals surface area contributed by atoms with Crippen molar-refractivity contribution in [3.05, 3.63) is 69.4 Å². The molecule has 1 N–H and O–H groups in total. The number of nitrogens with one attached hydrogen (secondary N) is 1. The minimum absolute atomic E-state index is 0.306. The van der Waals surface area contributed by atoms with Crippen LogP contribution in [0.3, 0.4) is 0 Å². The molecule has 23 heavy (non-hydrogen) atoms. The highest BCUT2D eigenvalue weighted by atomic mass is 79.9. The lowest BCUT2D eigenvalue weighted by Gasteiger charge is -2.09. The van der Waals surface area contributed by atoms with Gasteiger partial charge in [-0.1, -0.05) is 18.7 Å². The lowest BCUT2D eigenvalue weighted by Crippen LogP contribution is -2.18. The highest BCUT2D eigenvalue weighted by Crippen LogP contribution is 2.34. The fourth-order valence-electron chi connectivity index (χ4n) is 1.65. The first-order valence-corrected chi connectivity index (χ1v) is 8.17. The summed E-state index contributed by atoms with van der Waals surface area (Å²) in [5.74, 6) is 0.311. The molecule has 0 unspecified atom stereocenters. The van der Waals surface area contributed by atoms with Crippen LogP contribution in [0.15, 0.2) is 63.2 Å². The molecule has 0 bridgehead atoms. The second-order valence-electron chi connectivity index (χ2n) is 4.33. The van der Waals surface area contributed by atoms with Gasteiger partial charge in [0.1, 0.15) is 18.1 Å². The van der Waals surface area contributed by atoms with Crippen molar-refractivity contribution in [2.24, 2.45) is 5.10 Å². The number of hydrogen-bond acceptors (Lipinski definition) is 4. The van der Waals surface area contributed by atoms with E-state index >= 15 is 0 Å². The summed E-state index contributed by atoms with van der Waals surface area (Å²) < 4.78 is 7.08. The molecule has 1 aromatic heterocycles. The molecular formula is C16H13Br2N3O2. The lowest BCUT2D eigenvalue weighted by atomic mass is 10.2. The number of ether oxygens (including phenoxy) is 1. The number of hydrogen-bond donors (Lipinski definition) is 1. The summed E-state index contributed by atoms with van der Waals surface area (Å²) in [5, 5.41) is 3.93. The van der Waals surface area contributed by atoms with Crippen molar-refractivity contribution in [3.8, 4) is 5.75 Å². The monoisotopic (exact) mass is 437 g/mol. The zero-order valence-corrected chi connectivity index (χ0v) is 15.2. The third-order valence-electron chi connectivity index (χ3n) is 2.64. The number of pyridine rings is 1. The van der Waals surface area contributed by atoms with Gasteiger partial charge in [-0.15, -0.1) is 0 Å². The molecule has 1 amide bonds. The minimum Gasteiger partial charge on any atom is -0.487 e. The Kier molecular flexibility index (Phi) is 6.49. The Bertz CT molecular complexity index is 710. The Morgan fingerprint density at radius 3 is 2.70 bits per heavy atom. The Hall–Kier alpha value is -1.99. The van der Waals surface area contributed by atoms with Crippen molar-refractivity contribution in [3.63, 3.8) is 0 Å². The van der Waals surface area contributed by atoms with Gasteiger partial charge in [0.2, 0.25) is 0 Å². The average molecular weight is 439 g/mol. The van der Waals surface area contributed by atoms with E-state index in [0.717, 1.165) is 14.5 Å². The zero-order chi connectivity index (χ0) is 16.7. The first kappa shape index (κ1) is 17.4. The molecule has 0 spiro atoms. The predicted molar refractivity (Wildman–Crippen MR) is 96.8 cm³/mol. The summed E-state index contributed by atoms with van der Waals surface area (Å²) in [4.78, 5) is 15.8. The Labute approximate surface area is 150 Å². The van der Waals surface area contributed by atoms with Crippen molar-refractivity contribution >= 4 is 44.0 Å². The molecule has 0 fully saturated rings. The molecule has 0 radical (unpaired) electrons. The fourth-order valence-corrected chi connectivity index (χ4v) is 3.10. The van der Waals surface area contributed by atoms with Crippen LogP contribution in [0.1, 0.15) is 16.1 Å². The molecule has 1 aromatic carbocycles. The molecule has 0 aliphatic rings. The Morgan fingerprint density at radius 2 is 2.09 bits per heavy atom. The van der Waals surface area contributed by atoms with Crippen LogP contribution in [-0.2, 0) is 0 Å². The van der Waals surface area contributed by atoms with Gasteiger partial charge in [-0.05, 0) is 61.7 Å². The summed E-state index contributed by atoms with van der Waals surface area (Å²) in [6.45, 7) is 4.02. The quantitative estimate of drug-likeness (QED) is 0.422. The first-order chi connectivity index (χ1) is 11.1. The van der Waals surface area contributed by atoms with E-state index in [-0.39, 0.29) is 5.91 Å². The van der Waals surface area contributed by atoms with E-state index in [1.54, 1.807) is 30.5 Å². The molecule has 0 aliphatic carbocycles. The first-order valence-electron chi connectivity index (χ1n) is 6.59. The van der Waals surface area contributed by atoms with Crippen molar-refractivity contribution in [2.45, 2.75) is 0 Å². The van der Waals surface area contributed by atoms with Gasteiger partial charge in [-0.25, -0.2) is 5.43 Å². The normalized spacial score (nSPS) is 10.5. The average Bonchev–Trinajstić information content (AvgIpc) is 2.55. The third kappa shape index (κ3) is 5.01. The number of halogens is 2. The van der Waals surface area contributed by atoms with Crippen molar-refractivity contribution in [1.29, 1.82) is 0 Å². The maximum atomic E-state index is 11.8. The van der Waals surface area contributed by atoms with Gasteiger partial charge in [0.25, 0.3) is 5.91 Å². The molecule has 1 heterocycles. The number of aromatic nitrogens is 1. The second-order valence-corrected chi connectivity index (χ2v) is 6.04. The summed E-state index contributed by atoms with van der Waals surface area (Å²) >= 11 is 6.87. The number of rotatable bonds is 6. The lowest BCUT2D eigenvalue weighted by molar-refractivity contribution is 0.0950. The second kappa shape index (κ2) is 8.59. The number of amides is 1. The SMILES string of the molecule is C=CCOc1c(Br)cc(/C=N\NC(=O)c2ccccn2)cc1Br. The number of carbonyl (C=O) groups is 1. The van der Waals surface area contributed by atoms with Crippen molar-refractivity contribution in [1.82, 2.24) is 10.4 Å². The zero-order valence-electron chi connectivity index (χ0n) is 12.0. The van der Waals surface area contributed by atoms with Gasteiger partial charge in [0, 0.05) is 6.20 Å². The molecular weight excluding hydrogens is 426 g/mol. The molecule has 0 atom stereocenters. The summed E-state index contributed by atoms with van der Waals surface area (Å²) in [5.41, 5.74) is 3.52. The maximum absolute atomic E-state index is 11.8. The summed E-state index contributed by atoms with van der Waals surface area (Å²) in [6, 6.07) is 8.76. The van der Waals surface area contributed by atoms with Crippen LogP contribution in [0.4, 0.5) is 0 Å². The van der Waals surface area contributed by atoms with E-state index in [0.29, 0.717) is 18.1 Å². The van der Waals surface area contributed by atoms with Gasteiger partial charge in [0.15, 0.2) is 0 Å². The van der Waals surface area contributed by atoms with Gasteiger partial charge >= 0.3 is 0 Å². The Balaban J connectivity index is 2.05. The van der Waals surface area contributed by atoms with Crippen LogP contribution in [0.25, 0.3) is 0 Å².